The predicted octanol–water partition coefficient (Wildman–Crippen LogP) is 1.32. The van der Waals surface area contributed by atoms with Crippen molar-refractivity contribution in [2.45, 2.75) is 30.9 Å². The molecule has 94 valence electrons. The van der Waals surface area contributed by atoms with Crippen LogP contribution in [0.4, 0.5) is 0 Å². The van der Waals surface area contributed by atoms with Crippen LogP contribution in [0.15, 0.2) is 24.3 Å². The fourth-order valence-corrected chi connectivity index (χ4v) is 2.25. The minimum absolute atomic E-state index is 0.0127. The van der Waals surface area contributed by atoms with Crippen molar-refractivity contribution in [2.24, 2.45) is 5.73 Å². The topological polar surface area (TPSA) is 64.7 Å². The lowest BCUT2D eigenvalue weighted by atomic mass is 10.0. The highest BCUT2D eigenvalue weighted by atomic mass is 16.5. The van der Waals surface area contributed by atoms with Crippen molar-refractivity contribution in [3.05, 3.63) is 24.3 Å². The third-order valence-corrected chi connectivity index (χ3v) is 3.28. The number of nitrogens with two attached hydrogens (primary N) is 1. The van der Waals surface area contributed by atoms with Crippen LogP contribution in [0.2, 0.25) is 0 Å². The second-order valence-electron chi connectivity index (χ2n) is 4.65. The number of aliphatic hydroxyl groups excluding tert-OH is 1. The molecule has 0 spiro atoms. The summed E-state index contributed by atoms with van der Waals surface area (Å²) >= 11 is 0. The second-order valence-corrected chi connectivity index (χ2v) is 4.65. The third kappa shape index (κ3) is 2.70. The maximum Gasteiger partial charge on any atom is 0.161 e. The van der Waals surface area contributed by atoms with Crippen LogP contribution >= 0.6 is 0 Å². The van der Waals surface area contributed by atoms with Crippen molar-refractivity contribution in [2.75, 3.05) is 13.7 Å². The molecule has 4 nitrogen and oxygen atoms in total. The van der Waals surface area contributed by atoms with Gasteiger partial charge in [0.2, 0.25) is 0 Å². The van der Waals surface area contributed by atoms with Gasteiger partial charge in [0.1, 0.15) is 6.10 Å². The van der Waals surface area contributed by atoms with Gasteiger partial charge in [0.15, 0.2) is 11.5 Å². The number of benzene rings is 1. The van der Waals surface area contributed by atoms with Gasteiger partial charge in [0, 0.05) is 12.0 Å². The van der Waals surface area contributed by atoms with Gasteiger partial charge >= 0.3 is 0 Å². The van der Waals surface area contributed by atoms with E-state index in [1.807, 2.05) is 24.3 Å². The van der Waals surface area contributed by atoms with Gasteiger partial charge in [0.25, 0.3) is 0 Å². The van der Waals surface area contributed by atoms with Crippen LogP contribution in [-0.4, -0.2) is 30.5 Å². The lowest BCUT2D eigenvalue weighted by Crippen LogP contribution is -2.41. The van der Waals surface area contributed by atoms with Gasteiger partial charge in [-0.1, -0.05) is 12.1 Å². The van der Waals surface area contributed by atoms with Crippen LogP contribution in [0.25, 0.3) is 0 Å². The molecule has 0 aliphatic heterocycles. The van der Waals surface area contributed by atoms with Crippen molar-refractivity contribution >= 4 is 0 Å². The molecule has 3 N–H and O–H groups in total. The molecule has 0 radical (unpaired) electrons. The number of ether oxygens (including phenoxy) is 2. The summed E-state index contributed by atoms with van der Waals surface area (Å²) < 4.78 is 11.1. The molecule has 0 bridgehead atoms. The van der Waals surface area contributed by atoms with Gasteiger partial charge in [-0.2, -0.15) is 0 Å². The molecule has 1 fully saturated rings. The van der Waals surface area contributed by atoms with Gasteiger partial charge in [-0.25, -0.2) is 0 Å². The van der Waals surface area contributed by atoms with Crippen LogP contribution in [-0.2, 0) is 0 Å². The molecule has 1 aliphatic rings. The van der Waals surface area contributed by atoms with Crippen molar-refractivity contribution in [1.82, 2.24) is 0 Å². The number of rotatable bonds is 4. The fraction of sp³-hybridized carbons (Fsp3) is 0.538. The highest BCUT2D eigenvalue weighted by molar-refractivity contribution is 5.39. The second kappa shape index (κ2) is 4.94. The predicted molar refractivity (Wildman–Crippen MR) is 65.3 cm³/mol. The van der Waals surface area contributed by atoms with E-state index in [0.29, 0.717) is 6.42 Å². The Labute approximate surface area is 101 Å². The third-order valence-electron chi connectivity index (χ3n) is 3.28. The average Bonchev–Trinajstić information content (AvgIpc) is 2.73. The zero-order chi connectivity index (χ0) is 12.3. The molecule has 0 aromatic heterocycles. The van der Waals surface area contributed by atoms with E-state index in [0.717, 1.165) is 24.3 Å². The SMILES string of the molecule is COc1ccccc1OC1CCC(N)(CO)C1. The summed E-state index contributed by atoms with van der Waals surface area (Å²) in [6, 6.07) is 7.57. The zero-order valence-electron chi connectivity index (χ0n) is 10.1. The van der Waals surface area contributed by atoms with Crippen molar-refractivity contribution < 1.29 is 14.6 Å². The summed E-state index contributed by atoms with van der Waals surface area (Å²) in [4.78, 5) is 0. The van der Waals surface area contributed by atoms with Crippen LogP contribution in [0.1, 0.15) is 19.3 Å². The molecule has 1 aliphatic carbocycles. The smallest absolute Gasteiger partial charge is 0.161 e. The van der Waals surface area contributed by atoms with E-state index >= 15 is 0 Å². The lowest BCUT2D eigenvalue weighted by Gasteiger charge is -2.21. The van der Waals surface area contributed by atoms with Crippen molar-refractivity contribution in [3.8, 4) is 11.5 Å². The first-order chi connectivity index (χ1) is 8.17. The van der Waals surface area contributed by atoms with E-state index < -0.39 is 5.54 Å². The standard InChI is InChI=1S/C13H19NO3/c1-16-11-4-2-3-5-12(11)17-10-6-7-13(14,8-10)9-15/h2-5,10,15H,6-9,14H2,1H3. The molecule has 0 saturated heterocycles. The Balaban J connectivity index is 2.03. The Morgan fingerprint density at radius 2 is 2.12 bits per heavy atom. The first-order valence-corrected chi connectivity index (χ1v) is 5.86. The molecule has 2 unspecified atom stereocenters. The Morgan fingerprint density at radius 3 is 2.71 bits per heavy atom. The summed E-state index contributed by atoms with van der Waals surface area (Å²) in [7, 11) is 1.62. The molecule has 1 aromatic carbocycles. The van der Waals surface area contributed by atoms with Gasteiger partial charge in [0.05, 0.1) is 13.7 Å². The van der Waals surface area contributed by atoms with Crippen LogP contribution in [0, 0.1) is 0 Å². The van der Waals surface area contributed by atoms with Crippen LogP contribution < -0.4 is 15.2 Å². The van der Waals surface area contributed by atoms with Crippen molar-refractivity contribution in [3.63, 3.8) is 0 Å². The highest BCUT2D eigenvalue weighted by Crippen LogP contribution is 2.34. The van der Waals surface area contributed by atoms with Crippen LogP contribution in [0.5, 0.6) is 11.5 Å². The summed E-state index contributed by atoms with van der Waals surface area (Å²) in [5.74, 6) is 1.47. The first kappa shape index (κ1) is 12.2. The van der Waals surface area contributed by atoms with E-state index in [2.05, 4.69) is 0 Å². The molecule has 2 rings (SSSR count). The number of hydrogen-bond acceptors (Lipinski definition) is 4. The molecule has 0 heterocycles. The molecular formula is C13H19NO3. The highest BCUT2D eigenvalue weighted by Gasteiger charge is 2.36. The number of para-hydroxylation sites is 2. The molecule has 2 atom stereocenters. The quantitative estimate of drug-likeness (QED) is 0.829. The van der Waals surface area contributed by atoms with E-state index in [-0.39, 0.29) is 12.7 Å². The number of aliphatic hydroxyl groups is 1. The van der Waals surface area contributed by atoms with Gasteiger partial charge in [-0.3, -0.25) is 0 Å². The Kier molecular flexibility index (Phi) is 3.54. The summed E-state index contributed by atoms with van der Waals surface area (Å²) in [6.45, 7) is 0.0127. The Bertz CT molecular complexity index is 383. The Morgan fingerprint density at radius 1 is 1.41 bits per heavy atom. The van der Waals surface area contributed by atoms with E-state index in [4.69, 9.17) is 15.2 Å². The van der Waals surface area contributed by atoms with Gasteiger partial charge < -0.3 is 20.3 Å². The normalized spacial score (nSPS) is 28.1. The maximum absolute atomic E-state index is 9.20. The van der Waals surface area contributed by atoms with Crippen molar-refractivity contribution in [1.29, 1.82) is 0 Å². The van der Waals surface area contributed by atoms with E-state index in [1.165, 1.54) is 0 Å². The molecular weight excluding hydrogens is 218 g/mol. The van der Waals surface area contributed by atoms with E-state index in [1.54, 1.807) is 7.11 Å². The first-order valence-electron chi connectivity index (χ1n) is 5.86. The number of methoxy groups -OCH3 is 1. The largest absolute Gasteiger partial charge is 0.493 e. The minimum atomic E-state index is -0.479. The molecule has 0 amide bonds. The summed E-state index contributed by atoms with van der Waals surface area (Å²) in [5, 5.41) is 9.20. The minimum Gasteiger partial charge on any atom is -0.493 e. The zero-order valence-corrected chi connectivity index (χ0v) is 10.1. The lowest BCUT2D eigenvalue weighted by molar-refractivity contribution is 0.162. The molecule has 17 heavy (non-hydrogen) atoms. The van der Waals surface area contributed by atoms with Crippen LogP contribution in [0.3, 0.4) is 0 Å². The van der Waals surface area contributed by atoms with E-state index in [9.17, 15) is 5.11 Å². The summed E-state index contributed by atoms with van der Waals surface area (Å²) in [6.07, 6.45) is 2.41. The molecule has 1 aromatic rings. The Hall–Kier alpha value is -1.26. The maximum atomic E-state index is 9.20. The number of hydrogen-bond donors (Lipinski definition) is 2. The monoisotopic (exact) mass is 237 g/mol. The average molecular weight is 237 g/mol. The molecule has 1 saturated carbocycles. The van der Waals surface area contributed by atoms with Gasteiger partial charge in [-0.15, -0.1) is 0 Å². The summed E-state index contributed by atoms with van der Waals surface area (Å²) in [5.41, 5.74) is 5.53. The molecule has 4 heteroatoms. The van der Waals surface area contributed by atoms with Gasteiger partial charge in [-0.05, 0) is 25.0 Å². The fourth-order valence-electron chi connectivity index (χ4n) is 2.25.